The van der Waals surface area contributed by atoms with Crippen molar-refractivity contribution in [2.45, 2.75) is 121 Å². The van der Waals surface area contributed by atoms with Gasteiger partial charge in [-0.25, -0.2) is 14.8 Å². The lowest BCUT2D eigenvalue weighted by atomic mass is 9.84. The van der Waals surface area contributed by atoms with Gasteiger partial charge in [-0.3, -0.25) is 19.3 Å². The largest absolute Gasteiger partial charge is 0.467 e. The Hall–Kier alpha value is -4.72. The van der Waals surface area contributed by atoms with Gasteiger partial charge in [0.05, 0.1) is 12.8 Å². The van der Waals surface area contributed by atoms with E-state index in [0.717, 1.165) is 122 Å². The zero-order valence-electron chi connectivity index (χ0n) is 37.4. The van der Waals surface area contributed by atoms with Crippen molar-refractivity contribution in [2.75, 3.05) is 66.0 Å². The molecule has 4 aliphatic heterocycles. The van der Waals surface area contributed by atoms with E-state index in [1.165, 1.54) is 38.4 Å². The summed E-state index contributed by atoms with van der Waals surface area (Å²) in [5.74, 6) is -1.54. The normalized spacial score (nSPS) is 21.8. The summed E-state index contributed by atoms with van der Waals surface area (Å²) in [6, 6.07) is 17.2. The highest BCUT2D eigenvalue weighted by Crippen LogP contribution is 2.30. The second-order valence-electron chi connectivity index (χ2n) is 18.7. The average molecular weight is 861 g/mol. The third-order valence-electron chi connectivity index (χ3n) is 14.2. The Morgan fingerprint density at radius 1 is 0.683 bits per heavy atom. The van der Waals surface area contributed by atoms with Crippen molar-refractivity contribution in [3.05, 3.63) is 82.9 Å². The number of esters is 1. The zero-order valence-corrected chi connectivity index (χ0v) is 37.4. The number of ether oxygens (including phenoxy) is 1. The van der Waals surface area contributed by atoms with Crippen LogP contribution in [0.1, 0.15) is 133 Å². The van der Waals surface area contributed by atoms with Gasteiger partial charge in [0.25, 0.3) is 17.7 Å². The van der Waals surface area contributed by atoms with E-state index in [9.17, 15) is 19.2 Å². The average Bonchev–Trinajstić information content (AvgIpc) is 4.18. The maximum atomic E-state index is 14.7. The Kier molecular flexibility index (Phi) is 15.5. The Labute approximate surface area is 373 Å². The first-order chi connectivity index (χ1) is 30.8. The molecule has 3 unspecified atom stereocenters. The van der Waals surface area contributed by atoms with Crippen LogP contribution in [0.5, 0.6) is 0 Å². The van der Waals surface area contributed by atoms with Crippen molar-refractivity contribution >= 4 is 23.7 Å². The van der Waals surface area contributed by atoms with E-state index in [-0.39, 0.29) is 35.2 Å². The zero-order chi connectivity index (χ0) is 43.5. The number of pyridine rings is 2. The van der Waals surface area contributed by atoms with Crippen LogP contribution in [-0.2, 0) is 22.5 Å². The number of hydrogen-bond donors (Lipinski definition) is 2. The number of carbonyl (C=O) groups excluding carboxylic acids is 4. The molecule has 0 bridgehead atoms. The van der Waals surface area contributed by atoms with Crippen LogP contribution in [0.2, 0.25) is 0 Å². The fraction of sp³-hybridized carbons (Fsp3) is 0.600. The first-order valence-corrected chi connectivity index (χ1v) is 24.1. The highest BCUT2D eigenvalue weighted by molar-refractivity contribution is 6.00. The molecule has 63 heavy (non-hydrogen) atoms. The van der Waals surface area contributed by atoms with Gasteiger partial charge in [0.2, 0.25) is 0 Å². The molecule has 5 fully saturated rings. The van der Waals surface area contributed by atoms with Crippen molar-refractivity contribution in [1.29, 1.82) is 0 Å². The van der Waals surface area contributed by atoms with Crippen molar-refractivity contribution in [3.63, 3.8) is 0 Å². The SMILES string of the molecule is COC(=O)C(NC(=O)c1cc(-c2cc(CN3CCCC3CN3CCCC3)nc(C(=O)NCCCc3ccccc3)c2)cc(C(=O)N2CCCC2CN2CCCC2)n1)C1CCCCC1. The summed E-state index contributed by atoms with van der Waals surface area (Å²) in [5, 5.41) is 6.11. The number of carbonyl (C=O) groups is 4. The van der Waals surface area contributed by atoms with Gasteiger partial charge >= 0.3 is 5.97 Å². The smallest absolute Gasteiger partial charge is 0.328 e. The van der Waals surface area contributed by atoms with Gasteiger partial charge in [-0.1, -0.05) is 49.6 Å². The van der Waals surface area contributed by atoms with Crippen LogP contribution < -0.4 is 10.6 Å². The lowest BCUT2D eigenvalue weighted by Gasteiger charge is -2.29. The maximum absolute atomic E-state index is 14.7. The quantitative estimate of drug-likeness (QED) is 0.121. The van der Waals surface area contributed by atoms with Gasteiger partial charge in [0.1, 0.15) is 23.1 Å². The van der Waals surface area contributed by atoms with E-state index in [1.54, 1.807) is 18.2 Å². The van der Waals surface area contributed by atoms with Gasteiger partial charge in [0.15, 0.2) is 0 Å². The number of nitrogens with zero attached hydrogens (tertiary/aromatic N) is 6. The summed E-state index contributed by atoms with van der Waals surface area (Å²) in [7, 11) is 1.35. The van der Waals surface area contributed by atoms with Crippen LogP contribution in [0.25, 0.3) is 11.1 Å². The van der Waals surface area contributed by atoms with Crippen LogP contribution >= 0.6 is 0 Å². The van der Waals surface area contributed by atoms with E-state index in [4.69, 9.17) is 14.7 Å². The first kappa shape index (κ1) is 44.9. The van der Waals surface area contributed by atoms with Gasteiger partial charge < -0.3 is 30.1 Å². The highest BCUT2D eigenvalue weighted by Gasteiger charge is 2.35. The minimum absolute atomic E-state index is 0.0475. The summed E-state index contributed by atoms with van der Waals surface area (Å²) in [4.78, 5) is 75.5. The molecule has 8 rings (SSSR count). The van der Waals surface area contributed by atoms with E-state index >= 15 is 0 Å². The first-order valence-electron chi connectivity index (χ1n) is 24.1. The van der Waals surface area contributed by atoms with E-state index < -0.39 is 17.9 Å². The summed E-state index contributed by atoms with van der Waals surface area (Å²) in [5.41, 5.74) is 3.78. The maximum Gasteiger partial charge on any atom is 0.328 e. The molecule has 13 heteroatoms. The molecule has 3 amide bonds. The number of rotatable bonds is 17. The molecule has 4 saturated heterocycles. The minimum Gasteiger partial charge on any atom is -0.467 e. The molecular weight excluding hydrogens is 793 g/mol. The molecule has 0 spiro atoms. The fourth-order valence-corrected chi connectivity index (χ4v) is 10.8. The number of benzene rings is 1. The van der Waals surface area contributed by atoms with Crippen molar-refractivity contribution < 1.29 is 23.9 Å². The summed E-state index contributed by atoms with van der Waals surface area (Å²) < 4.78 is 5.21. The van der Waals surface area contributed by atoms with Crippen LogP contribution in [-0.4, -0.2) is 137 Å². The van der Waals surface area contributed by atoms with Gasteiger partial charge in [-0.05, 0) is 157 Å². The Morgan fingerprint density at radius 2 is 1.32 bits per heavy atom. The van der Waals surface area contributed by atoms with E-state index in [1.807, 2.05) is 29.2 Å². The Bertz CT molecular complexity index is 2030. The summed E-state index contributed by atoms with van der Waals surface area (Å²) in [6.45, 7) is 8.89. The minimum atomic E-state index is -0.825. The number of hydrogen-bond acceptors (Lipinski definition) is 10. The molecule has 2 N–H and O–H groups in total. The van der Waals surface area contributed by atoms with Gasteiger partial charge in [-0.2, -0.15) is 0 Å². The van der Waals surface area contributed by atoms with Crippen LogP contribution in [0.4, 0.5) is 0 Å². The lowest BCUT2D eigenvalue weighted by Crippen LogP contribution is -2.47. The summed E-state index contributed by atoms with van der Waals surface area (Å²) >= 11 is 0. The molecule has 2 aromatic heterocycles. The molecule has 1 saturated carbocycles. The van der Waals surface area contributed by atoms with E-state index in [0.29, 0.717) is 42.5 Å². The van der Waals surface area contributed by atoms with E-state index in [2.05, 4.69) is 37.5 Å². The molecular formula is C50H68N8O5. The third-order valence-corrected chi connectivity index (χ3v) is 14.2. The third kappa shape index (κ3) is 11.7. The topological polar surface area (TPSA) is 140 Å². The Morgan fingerprint density at radius 3 is 2.03 bits per heavy atom. The molecule has 5 aliphatic rings. The second kappa shape index (κ2) is 21.8. The molecule has 338 valence electrons. The second-order valence-corrected chi connectivity index (χ2v) is 18.7. The van der Waals surface area contributed by atoms with Crippen LogP contribution in [0.3, 0.4) is 0 Å². The highest BCUT2D eigenvalue weighted by atomic mass is 16.5. The van der Waals surface area contributed by atoms with Crippen LogP contribution in [0, 0.1) is 5.92 Å². The van der Waals surface area contributed by atoms with Crippen molar-refractivity contribution in [3.8, 4) is 11.1 Å². The van der Waals surface area contributed by atoms with Crippen molar-refractivity contribution in [1.82, 2.24) is 40.2 Å². The molecule has 13 nitrogen and oxygen atoms in total. The number of nitrogens with one attached hydrogen (secondary N) is 2. The molecule has 3 aromatic rings. The molecule has 1 aliphatic carbocycles. The molecule has 3 atom stereocenters. The number of aromatic nitrogens is 2. The van der Waals surface area contributed by atoms with Crippen molar-refractivity contribution in [2.24, 2.45) is 5.92 Å². The Balaban J connectivity index is 1.12. The van der Waals surface area contributed by atoms with Gasteiger partial charge in [-0.15, -0.1) is 0 Å². The standard InChI is InChI=1S/C50H68N8O5/c1-63-50(62)46(37-18-6-3-7-19-37)54-48(60)44-31-39(32-45(53-44)49(61)58-28-14-21-42(58)35-56-25-10-11-26-56)38-29-40(33-57-27-13-20-41(57)34-55-23-8-9-24-55)52-43(30-38)47(59)51-22-12-17-36-15-4-2-5-16-36/h2,4-5,15-16,29-32,37,41-42,46H,3,6-14,17-28,33-35H2,1H3,(H,51,59)(H,54,60). The molecule has 0 radical (unpaired) electrons. The fourth-order valence-electron chi connectivity index (χ4n) is 10.8. The van der Waals surface area contributed by atoms with Gasteiger partial charge in [0, 0.05) is 44.8 Å². The van der Waals surface area contributed by atoms with Crippen LogP contribution in [0.15, 0.2) is 54.6 Å². The predicted octanol–water partition coefficient (Wildman–Crippen LogP) is 6.12. The summed E-state index contributed by atoms with van der Waals surface area (Å²) in [6.07, 6.45) is 15.2. The lowest BCUT2D eigenvalue weighted by molar-refractivity contribution is -0.144. The number of likely N-dealkylation sites (tertiary alicyclic amines) is 4. The molecule has 6 heterocycles. The molecule has 1 aromatic carbocycles. The number of amides is 3. The number of methoxy groups -OCH3 is 1. The number of aryl methyl sites for hydroxylation is 1. The monoisotopic (exact) mass is 861 g/mol. The predicted molar refractivity (Wildman–Crippen MR) is 243 cm³/mol.